The average molecular weight is 368 g/mol. The van der Waals surface area contributed by atoms with Crippen molar-refractivity contribution in [1.82, 2.24) is 15.2 Å². The Labute approximate surface area is 159 Å². The van der Waals surface area contributed by atoms with Crippen molar-refractivity contribution in [3.05, 3.63) is 54.0 Å². The highest BCUT2D eigenvalue weighted by atomic mass is 19.1. The minimum Gasteiger partial charge on any atom is -0.439 e. The van der Waals surface area contributed by atoms with Crippen molar-refractivity contribution in [3.8, 4) is 11.6 Å². The van der Waals surface area contributed by atoms with Gasteiger partial charge in [-0.1, -0.05) is 18.6 Å². The van der Waals surface area contributed by atoms with Gasteiger partial charge in [0.25, 0.3) is 0 Å². The lowest BCUT2D eigenvalue weighted by atomic mass is 9.68. The smallest absolute Gasteiger partial charge is 0.219 e. The maximum Gasteiger partial charge on any atom is 0.219 e. The van der Waals surface area contributed by atoms with E-state index >= 15 is 0 Å². The summed E-state index contributed by atoms with van der Waals surface area (Å²) >= 11 is 0. The summed E-state index contributed by atoms with van der Waals surface area (Å²) < 4.78 is 18.8. The molecule has 1 saturated carbocycles. The van der Waals surface area contributed by atoms with Crippen molar-refractivity contribution in [3.63, 3.8) is 0 Å². The number of guanidine groups is 1. The van der Waals surface area contributed by atoms with Crippen LogP contribution >= 0.6 is 0 Å². The Bertz CT molecular complexity index is 817. The van der Waals surface area contributed by atoms with E-state index in [1.807, 2.05) is 13.1 Å². The van der Waals surface area contributed by atoms with Gasteiger partial charge in [-0.2, -0.15) is 0 Å². The molecule has 1 aliphatic heterocycles. The molecule has 1 aliphatic carbocycles. The fourth-order valence-electron chi connectivity index (χ4n) is 3.94. The molecule has 0 unspecified atom stereocenters. The van der Waals surface area contributed by atoms with Crippen LogP contribution < -0.4 is 10.1 Å². The van der Waals surface area contributed by atoms with Crippen LogP contribution in [0, 0.1) is 11.2 Å². The van der Waals surface area contributed by atoms with E-state index < -0.39 is 0 Å². The second-order valence-corrected chi connectivity index (χ2v) is 7.49. The van der Waals surface area contributed by atoms with Gasteiger partial charge >= 0.3 is 0 Å². The highest BCUT2D eigenvalue weighted by molar-refractivity contribution is 5.80. The van der Waals surface area contributed by atoms with Gasteiger partial charge in [0.2, 0.25) is 5.88 Å². The van der Waals surface area contributed by atoms with Gasteiger partial charge in [-0.3, -0.25) is 4.99 Å². The molecule has 1 aromatic carbocycles. The minimum atomic E-state index is -0.328. The fraction of sp³-hybridized carbons (Fsp3) is 0.429. The summed E-state index contributed by atoms with van der Waals surface area (Å²) in [6.07, 6.45) is 7.14. The Balaban J connectivity index is 1.31. The van der Waals surface area contributed by atoms with Crippen LogP contribution in [-0.2, 0) is 6.54 Å². The van der Waals surface area contributed by atoms with Crippen LogP contribution in [0.25, 0.3) is 0 Å². The third-order valence-electron chi connectivity index (χ3n) is 5.63. The molecule has 2 aliphatic rings. The fourth-order valence-corrected chi connectivity index (χ4v) is 3.94. The highest BCUT2D eigenvalue weighted by Gasteiger charge is 2.43. The van der Waals surface area contributed by atoms with E-state index in [0.717, 1.165) is 24.6 Å². The topological polar surface area (TPSA) is 49.8 Å². The summed E-state index contributed by atoms with van der Waals surface area (Å²) in [7, 11) is 1.84. The molecule has 6 heteroatoms. The second kappa shape index (κ2) is 7.55. The van der Waals surface area contributed by atoms with Crippen LogP contribution in [0.3, 0.4) is 0 Å². The Morgan fingerprint density at radius 1 is 1.30 bits per heavy atom. The number of pyridine rings is 1. The summed E-state index contributed by atoms with van der Waals surface area (Å²) in [5.41, 5.74) is 1.59. The van der Waals surface area contributed by atoms with Gasteiger partial charge in [-0.05, 0) is 42.4 Å². The first-order chi connectivity index (χ1) is 13.2. The molecule has 27 heavy (non-hydrogen) atoms. The number of halogens is 1. The molecule has 0 radical (unpaired) electrons. The minimum absolute atomic E-state index is 0.328. The van der Waals surface area contributed by atoms with Crippen molar-refractivity contribution < 1.29 is 9.13 Å². The van der Waals surface area contributed by atoms with Crippen LogP contribution in [-0.4, -0.2) is 36.0 Å². The second-order valence-electron chi connectivity index (χ2n) is 7.49. The third-order valence-corrected chi connectivity index (χ3v) is 5.63. The first kappa shape index (κ1) is 17.8. The van der Waals surface area contributed by atoms with Gasteiger partial charge in [0.15, 0.2) is 5.96 Å². The van der Waals surface area contributed by atoms with Crippen molar-refractivity contribution in [2.75, 3.05) is 20.1 Å². The first-order valence-electron chi connectivity index (χ1n) is 9.50. The molecule has 1 saturated heterocycles. The Hall–Kier alpha value is -2.63. The molecular formula is C21H25FN4O. The van der Waals surface area contributed by atoms with Crippen molar-refractivity contribution in [2.24, 2.45) is 10.4 Å². The number of benzene rings is 1. The van der Waals surface area contributed by atoms with Gasteiger partial charge in [-0.15, -0.1) is 0 Å². The monoisotopic (exact) mass is 368 g/mol. The number of likely N-dealkylation sites (tertiary alicyclic amines) is 1. The predicted molar refractivity (Wildman–Crippen MR) is 103 cm³/mol. The van der Waals surface area contributed by atoms with E-state index in [4.69, 9.17) is 4.74 Å². The van der Waals surface area contributed by atoms with Gasteiger partial charge in [-0.25, -0.2) is 9.37 Å². The molecule has 1 aromatic heterocycles. The number of hydrogen-bond donors (Lipinski definition) is 1. The summed E-state index contributed by atoms with van der Waals surface area (Å²) in [4.78, 5) is 11.1. The van der Waals surface area contributed by atoms with Gasteiger partial charge in [0.05, 0.1) is 0 Å². The molecule has 142 valence electrons. The Morgan fingerprint density at radius 3 is 2.81 bits per heavy atom. The number of aliphatic imine (C=N–C) groups is 1. The highest BCUT2D eigenvalue weighted by Crippen LogP contribution is 2.47. The maximum absolute atomic E-state index is 13.2. The van der Waals surface area contributed by atoms with Gasteiger partial charge in [0.1, 0.15) is 11.6 Å². The molecule has 0 amide bonds. The molecule has 1 N–H and O–H groups in total. The summed E-state index contributed by atoms with van der Waals surface area (Å²) in [6.45, 7) is 2.85. The van der Waals surface area contributed by atoms with Crippen molar-refractivity contribution in [2.45, 2.75) is 32.2 Å². The SMILES string of the molecule is CN=C(NCc1ccc(Oc2cccc(F)c2)nc1)N1CCC2(CCC2)C1. The molecule has 0 bridgehead atoms. The number of hydrogen-bond acceptors (Lipinski definition) is 3. The quantitative estimate of drug-likeness (QED) is 0.655. The number of nitrogens with zero attached hydrogens (tertiary/aromatic N) is 3. The van der Waals surface area contributed by atoms with Crippen LogP contribution in [0.2, 0.25) is 0 Å². The summed E-state index contributed by atoms with van der Waals surface area (Å²) in [5, 5.41) is 3.44. The maximum atomic E-state index is 13.2. The molecule has 0 atom stereocenters. The number of rotatable bonds is 4. The van der Waals surface area contributed by atoms with E-state index in [1.54, 1.807) is 24.4 Å². The molecular weight excluding hydrogens is 343 g/mol. The van der Waals surface area contributed by atoms with E-state index in [1.165, 1.54) is 37.8 Å². The van der Waals surface area contributed by atoms with E-state index in [2.05, 4.69) is 20.2 Å². The molecule has 2 heterocycles. The normalized spacial score (nSPS) is 18.4. The third kappa shape index (κ3) is 4.04. The van der Waals surface area contributed by atoms with Crippen LogP contribution in [0.1, 0.15) is 31.2 Å². The lowest BCUT2D eigenvalue weighted by Crippen LogP contribution is -2.42. The van der Waals surface area contributed by atoms with Crippen LogP contribution in [0.4, 0.5) is 4.39 Å². The van der Waals surface area contributed by atoms with E-state index in [9.17, 15) is 4.39 Å². The Morgan fingerprint density at radius 2 is 2.19 bits per heavy atom. The molecule has 2 aromatic rings. The number of nitrogens with one attached hydrogen (secondary N) is 1. The molecule has 4 rings (SSSR count). The average Bonchev–Trinajstić information content (AvgIpc) is 3.10. The zero-order valence-electron chi connectivity index (χ0n) is 15.6. The molecule has 2 fully saturated rings. The van der Waals surface area contributed by atoms with E-state index in [0.29, 0.717) is 23.6 Å². The number of aromatic nitrogens is 1. The predicted octanol–water partition coefficient (Wildman–Crippen LogP) is 3.96. The summed E-state index contributed by atoms with van der Waals surface area (Å²) in [6, 6.07) is 9.79. The van der Waals surface area contributed by atoms with Crippen molar-refractivity contribution in [1.29, 1.82) is 0 Å². The zero-order chi connectivity index (χ0) is 18.7. The lowest BCUT2D eigenvalue weighted by Gasteiger charge is -2.38. The van der Waals surface area contributed by atoms with Gasteiger partial charge in [0, 0.05) is 45.0 Å². The Kier molecular flexibility index (Phi) is 4.97. The van der Waals surface area contributed by atoms with Crippen LogP contribution in [0.5, 0.6) is 11.6 Å². The lowest BCUT2D eigenvalue weighted by molar-refractivity contribution is 0.151. The summed E-state index contributed by atoms with van der Waals surface area (Å²) in [5.74, 6) is 1.51. The molecule has 5 nitrogen and oxygen atoms in total. The largest absolute Gasteiger partial charge is 0.439 e. The van der Waals surface area contributed by atoms with Gasteiger partial charge < -0.3 is 15.0 Å². The first-order valence-corrected chi connectivity index (χ1v) is 9.50. The standard InChI is InChI=1S/C21H25FN4O/c1-23-20(26-11-10-21(15-26)8-3-9-21)25-14-16-6-7-19(24-13-16)27-18-5-2-4-17(22)12-18/h2,4-7,12-13H,3,8-11,14-15H2,1H3,(H,23,25). The van der Waals surface area contributed by atoms with Crippen molar-refractivity contribution >= 4 is 5.96 Å². The number of ether oxygens (including phenoxy) is 1. The van der Waals surface area contributed by atoms with Crippen LogP contribution in [0.15, 0.2) is 47.6 Å². The molecule has 1 spiro atoms. The zero-order valence-corrected chi connectivity index (χ0v) is 15.6. The van der Waals surface area contributed by atoms with E-state index in [-0.39, 0.29) is 5.82 Å².